The molecule has 2 aromatic rings. The van der Waals surface area contributed by atoms with E-state index in [2.05, 4.69) is 0 Å². The van der Waals surface area contributed by atoms with Crippen molar-refractivity contribution in [1.29, 1.82) is 0 Å². The average Bonchev–Trinajstić information content (AvgIpc) is 2.52. The number of ether oxygens (including phenoxy) is 2. The van der Waals surface area contributed by atoms with E-state index in [9.17, 15) is 18.3 Å². The number of para-hydroxylation sites is 1. The zero-order valence-corrected chi connectivity index (χ0v) is 12.5. The third kappa shape index (κ3) is 2.93. The van der Waals surface area contributed by atoms with Crippen LogP contribution in [-0.4, -0.2) is 24.0 Å². The summed E-state index contributed by atoms with van der Waals surface area (Å²) in [6, 6.07) is 6.83. The maximum Gasteiger partial charge on any atom is 0.300 e. The van der Waals surface area contributed by atoms with Crippen LogP contribution in [0.25, 0.3) is 11.3 Å². The van der Waals surface area contributed by atoms with E-state index in [1.807, 2.05) is 0 Å². The smallest absolute Gasteiger partial charge is 0.300 e. The lowest BCUT2D eigenvalue weighted by atomic mass is 10.0. The highest BCUT2D eigenvalue weighted by Gasteiger charge is 2.27. The van der Waals surface area contributed by atoms with E-state index in [-0.39, 0.29) is 23.5 Å². The van der Waals surface area contributed by atoms with Gasteiger partial charge in [0.25, 0.3) is 5.95 Å². The molecular weight excluding hydrogens is 328 g/mol. The van der Waals surface area contributed by atoms with Crippen LogP contribution in [0, 0.1) is 0 Å². The molecule has 1 aliphatic heterocycles. The van der Waals surface area contributed by atoms with Gasteiger partial charge in [0.2, 0.25) is 11.4 Å². The molecule has 0 atom stereocenters. The number of hydrogen-bond donors (Lipinski definition) is 2. The summed E-state index contributed by atoms with van der Waals surface area (Å²) < 4.78 is 46.2. The molecule has 0 fully saturated rings. The van der Waals surface area contributed by atoms with Crippen LogP contribution in [0.3, 0.4) is 0 Å². The lowest BCUT2D eigenvalue weighted by molar-refractivity contribution is 0.226. The standard InChI is InChI=1S/C14H12O8S/c15-5-9-12(16)10-6-20-11-4-2-1-3-8(11)13(10)22-14(9)21-7-23(17,18)19/h1-4,15H,5-7H2,(H,17,18,19). The van der Waals surface area contributed by atoms with Gasteiger partial charge in [0, 0.05) is 0 Å². The van der Waals surface area contributed by atoms with Crippen LogP contribution in [0.2, 0.25) is 0 Å². The summed E-state index contributed by atoms with van der Waals surface area (Å²) in [6.45, 7) is -0.752. The van der Waals surface area contributed by atoms with Gasteiger partial charge in [-0.2, -0.15) is 8.42 Å². The molecule has 9 heteroatoms. The Hall–Kier alpha value is -2.36. The molecule has 8 nitrogen and oxygen atoms in total. The van der Waals surface area contributed by atoms with E-state index in [1.165, 1.54) is 0 Å². The highest BCUT2D eigenvalue weighted by Crippen LogP contribution is 2.38. The number of fused-ring (bicyclic) bond motifs is 3. The van der Waals surface area contributed by atoms with Crippen molar-refractivity contribution in [2.45, 2.75) is 13.2 Å². The van der Waals surface area contributed by atoms with Crippen LogP contribution in [0.5, 0.6) is 11.7 Å². The van der Waals surface area contributed by atoms with Gasteiger partial charge in [-0.1, -0.05) is 12.1 Å². The Labute approximate surface area is 130 Å². The lowest BCUT2D eigenvalue weighted by Gasteiger charge is -2.20. The molecule has 2 heterocycles. The van der Waals surface area contributed by atoms with Gasteiger partial charge in [-0.15, -0.1) is 0 Å². The molecule has 0 saturated heterocycles. The van der Waals surface area contributed by atoms with Crippen molar-refractivity contribution >= 4 is 10.1 Å². The predicted octanol–water partition coefficient (Wildman–Crippen LogP) is 0.916. The molecule has 1 aliphatic rings. The molecule has 0 aliphatic carbocycles. The van der Waals surface area contributed by atoms with Gasteiger partial charge in [-0.05, 0) is 12.1 Å². The van der Waals surface area contributed by atoms with Crippen molar-refractivity contribution < 1.29 is 32.0 Å². The Morgan fingerprint density at radius 1 is 1.26 bits per heavy atom. The summed E-state index contributed by atoms with van der Waals surface area (Å²) in [5.74, 6) is -0.870. The van der Waals surface area contributed by atoms with Gasteiger partial charge < -0.3 is 19.0 Å². The molecule has 2 N–H and O–H groups in total. The molecule has 0 unspecified atom stereocenters. The summed E-state index contributed by atoms with van der Waals surface area (Å²) >= 11 is 0. The van der Waals surface area contributed by atoms with Crippen LogP contribution < -0.4 is 14.9 Å². The molecule has 0 amide bonds. The normalized spacial score (nSPS) is 13.0. The van der Waals surface area contributed by atoms with E-state index in [0.717, 1.165) is 0 Å². The molecule has 0 saturated carbocycles. The van der Waals surface area contributed by atoms with Gasteiger partial charge in [0.1, 0.15) is 17.9 Å². The van der Waals surface area contributed by atoms with E-state index in [0.29, 0.717) is 11.3 Å². The summed E-state index contributed by atoms with van der Waals surface area (Å²) in [4.78, 5) is 12.4. The van der Waals surface area contributed by atoms with Gasteiger partial charge >= 0.3 is 10.1 Å². The first-order valence-corrected chi connectivity index (χ1v) is 8.11. The second-order valence-electron chi connectivity index (χ2n) is 4.79. The van der Waals surface area contributed by atoms with Gasteiger partial charge in [0.05, 0.1) is 17.7 Å². The SMILES string of the molecule is O=c1c(CO)c(OCS(=O)(=O)O)oc2c1COc1ccccc1-2. The lowest BCUT2D eigenvalue weighted by Crippen LogP contribution is -2.22. The fourth-order valence-electron chi connectivity index (χ4n) is 2.25. The van der Waals surface area contributed by atoms with Crippen molar-refractivity contribution in [3.8, 4) is 23.0 Å². The fourth-order valence-corrected chi connectivity index (χ4v) is 2.51. The first-order chi connectivity index (χ1) is 10.9. The van der Waals surface area contributed by atoms with Gasteiger partial charge in [-0.25, -0.2) is 0 Å². The fraction of sp³-hybridized carbons (Fsp3) is 0.214. The highest BCUT2D eigenvalue weighted by molar-refractivity contribution is 7.85. The minimum Gasteiger partial charge on any atom is -0.488 e. The summed E-state index contributed by atoms with van der Waals surface area (Å²) in [6.07, 6.45) is 0. The molecule has 122 valence electrons. The van der Waals surface area contributed by atoms with Crippen LogP contribution in [-0.2, 0) is 23.3 Å². The minimum atomic E-state index is -4.43. The molecular formula is C14H12O8S. The maximum atomic E-state index is 12.4. The predicted molar refractivity (Wildman–Crippen MR) is 77.7 cm³/mol. The molecule has 3 rings (SSSR count). The van der Waals surface area contributed by atoms with Crippen LogP contribution in [0.15, 0.2) is 33.5 Å². The molecule has 0 bridgehead atoms. The van der Waals surface area contributed by atoms with Crippen LogP contribution in [0.1, 0.15) is 11.1 Å². The number of benzene rings is 1. The van der Waals surface area contributed by atoms with Crippen molar-refractivity contribution in [3.63, 3.8) is 0 Å². The molecule has 0 radical (unpaired) electrons. The van der Waals surface area contributed by atoms with Gasteiger partial charge in [0.15, 0.2) is 5.76 Å². The molecule has 0 spiro atoms. The Morgan fingerprint density at radius 2 is 2.00 bits per heavy atom. The average molecular weight is 340 g/mol. The van der Waals surface area contributed by atoms with E-state index in [4.69, 9.17) is 18.4 Å². The van der Waals surface area contributed by atoms with E-state index < -0.39 is 34.0 Å². The van der Waals surface area contributed by atoms with Crippen molar-refractivity contribution in [2.75, 3.05) is 5.94 Å². The number of rotatable bonds is 4. The summed E-state index contributed by atoms with van der Waals surface area (Å²) in [5, 5.41) is 9.33. The van der Waals surface area contributed by atoms with Crippen molar-refractivity contribution in [3.05, 3.63) is 45.6 Å². The second kappa shape index (κ2) is 5.69. The maximum absolute atomic E-state index is 12.4. The number of hydrogen-bond acceptors (Lipinski definition) is 7. The second-order valence-corrected chi connectivity index (χ2v) is 6.19. The van der Waals surface area contributed by atoms with Crippen LogP contribution in [0.4, 0.5) is 0 Å². The molecule has 1 aromatic heterocycles. The molecule has 23 heavy (non-hydrogen) atoms. The number of aliphatic hydroxyl groups is 1. The third-order valence-corrected chi connectivity index (χ3v) is 3.68. The summed E-state index contributed by atoms with van der Waals surface area (Å²) in [7, 11) is -4.43. The monoisotopic (exact) mass is 340 g/mol. The van der Waals surface area contributed by atoms with E-state index in [1.54, 1.807) is 24.3 Å². The first-order valence-electron chi connectivity index (χ1n) is 6.50. The largest absolute Gasteiger partial charge is 0.488 e. The Morgan fingerprint density at radius 3 is 2.70 bits per heavy atom. The number of aliphatic hydroxyl groups excluding tert-OH is 1. The zero-order chi connectivity index (χ0) is 16.6. The third-order valence-electron chi connectivity index (χ3n) is 3.26. The Bertz CT molecular complexity index is 913. The van der Waals surface area contributed by atoms with Gasteiger partial charge in [-0.3, -0.25) is 9.35 Å². The highest BCUT2D eigenvalue weighted by atomic mass is 32.2. The summed E-state index contributed by atoms with van der Waals surface area (Å²) in [5.41, 5.74) is -0.0945. The quantitative estimate of drug-likeness (QED) is 0.787. The zero-order valence-electron chi connectivity index (χ0n) is 11.7. The minimum absolute atomic E-state index is 0.0414. The Balaban J connectivity index is 2.16. The molecule has 1 aromatic carbocycles. The van der Waals surface area contributed by atoms with Crippen LogP contribution >= 0.6 is 0 Å². The first kappa shape index (κ1) is 15.5. The van der Waals surface area contributed by atoms with Crippen molar-refractivity contribution in [1.82, 2.24) is 0 Å². The van der Waals surface area contributed by atoms with E-state index >= 15 is 0 Å². The van der Waals surface area contributed by atoms with Crippen molar-refractivity contribution in [2.24, 2.45) is 0 Å². The topological polar surface area (TPSA) is 123 Å². The Kier molecular flexibility index (Phi) is 3.84.